The monoisotopic (exact) mass is 361 g/mol. The van der Waals surface area contributed by atoms with E-state index in [0.717, 1.165) is 11.3 Å². The van der Waals surface area contributed by atoms with Gasteiger partial charge in [0.15, 0.2) is 0 Å². The van der Waals surface area contributed by atoms with Crippen LogP contribution in [0.4, 0.5) is 0 Å². The van der Waals surface area contributed by atoms with E-state index in [9.17, 15) is 8.42 Å². The first-order chi connectivity index (χ1) is 12.0. The van der Waals surface area contributed by atoms with E-state index in [1.54, 1.807) is 12.1 Å². The molecule has 1 aliphatic rings. The van der Waals surface area contributed by atoms with Crippen LogP contribution in [0.15, 0.2) is 53.4 Å². The second-order valence-electron chi connectivity index (χ2n) is 6.19. The lowest BCUT2D eigenvalue weighted by Gasteiger charge is -2.31. The molecule has 5 nitrogen and oxygen atoms in total. The third-order valence-electron chi connectivity index (χ3n) is 4.38. The van der Waals surface area contributed by atoms with Crippen LogP contribution in [0.2, 0.25) is 0 Å². The minimum atomic E-state index is -3.57. The molecule has 3 rings (SSSR count). The van der Waals surface area contributed by atoms with E-state index in [2.05, 4.69) is 0 Å². The topological polar surface area (TPSA) is 55.8 Å². The van der Waals surface area contributed by atoms with Gasteiger partial charge in [0.05, 0.1) is 7.11 Å². The van der Waals surface area contributed by atoms with Crippen LogP contribution < -0.4 is 9.47 Å². The van der Waals surface area contributed by atoms with Crippen LogP contribution in [-0.4, -0.2) is 39.0 Å². The van der Waals surface area contributed by atoms with Crippen molar-refractivity contribution in [3.8, 4) is 11.5 Å². The fraction of sp³-hybridized carbons (Fsp3) is 0.368. The number of piperidine rings is 1. The van der Waals surface area contributed by atoms with Gasteiger partial charge in [-0.1, -0.05) is 24.3 Å². The van der Waals surface area contributed by atoms with Crippen LogP contribution in [0.5, 0.6) is 11.5 Å². The van der Waals surface area contributed by atoms with Gasteiger partial charge in [-0.25, -0.2) is 8.42 Å². The molecule has 0 aliphatic carbocycles. The minimum Gasteiger partial charge on any atom is -0.495 e. The van der Waals surface area contributed by atoms with Crippen molar-refractivity contribution in [1.29, 1.82) is 0 Å². The van der Waals surface area contributed by atoms with E-state index >= 15 is 0 Å². The van der Waals surface area contributed by atoms with Crippen LogP contribution in [0.1, 0.15) is 18.4 Å². The molecule has 2 aromatic rings. The van der Waals surface area contributed by atoms with Crippen molar-refractivity contribution in [2.24, 2.45) is 0 Å². The van der Waals surface area contributed by atoms with Gasteiger partial charge in [-0.3, -0.25) is 0 Å². The first kappa shape index (κ1) is 17.8. The SMILES string of the molecule is COc1ccc(C)cc1S(=O)(=O)N1CCC(Oc2ccccc2)CC1. The molecule has 0 atom stereocenters. The zero-order valence-electron chi connectivity index (χ0n) is 14.5. The summed E-state index contributed by atoms with van der Waals surface area (Å²) in [7, 11) is -2.08. The molecule has 0 aromatic heterocycles. The van der Waals surface area contributed by atoms with Crippen molar-refractivity contribution >= 4 is 10.0 Å². The van der Waals surface area contributed by atoms with Gasteiger partial charge >= 0.3 is 0 Å². The molecule has 6 heteroatoms. The second kappa shape index (κ2) is 7.45. The van der Waals surface area contributed by atoms with Crippen LogP contribution in [-0.2, 0) is 10.0 Å². The van der Waals surface area contributed by atoms with Gasteiger partial charge in [-0.15, -0.1) is 0 Å². The summed E-state index contributed by atoms with van der Waals surface area (Å²) < 4.78 is 38.7. The van der Waals surface area contributed by atoms with Crippen molar-refractivity contribution in [1.82, 2.24) is 4.31 Å². The summed E-state index contributed by atoms with van der Waals surface area (Å²) in [4.78, 5) is 0.234. The van der Waals surface area contributed by atoms with Gasteiger partial charge in [-0.05, 0) is 49.6 Å². The van der Waals surface area contributed by atoms with E-state index in [1.165, 1.54) is 11.4 Å². The predicted octanol–water partition coefficient (Wildman–Crippen LogP) is 3.24. The lowest BCUT2D eigenvalue weighted by atomic mass is 10.1. The Hall–Kier alpha value is -2.05. The fourth-order valence-electron chi connectivity index (χ4n) is 3.01. The summed E-state index contributed by atoms with van der Waals surface area (Å²) in [5.74, 6) is 1.21. The number of benzene rings is 2. The van der Waals surface area contributed by atoms with E-state index in [1.807, 2.05) is 43.3 Å². The lowest BCUT2D eigenvalue weighted by molar-refractivity contribution is 0.135. The summed E-state index contributed by atoms with van der Waals surface area (Å²) in [6, 6.07) is 14.8. The minimum absolute atomic E-state index is 0.0354. The average molecular weight is 361 g/mol. The molecule has 0 amide bonds. The molecule has 0 unspecified atom stereocenters. The van der Waals surface area contributed by atoms with Crippen molar-refractivity contribution in [3.63, 3.8) is 0 Å². The van der Waals surface area contributed by atoms with Crippen molar-refractivity contribution in [2.75, 3.05) is 20.2 Å². The Kier molecular flexibility index (Phi) is 5.30. The van der Waals surface area contributed by atoms with Crippen molar-refractivity contribution in [3.05, 3.63) is 54.1 Å². The molecule has 134 valence electrons. The smallest absolute Gasteiger partial charge is 0.246 e. The summed E-state index contributed by atoms with van der Waals surface area (Å²) in [6.45, 7) is 2.76. The highest BCUT2D eigenvalue weighted by Crippen LogP contribution is 2.30. The Labute approximate surface area is 149 Å². The number of para-hydroxylation sites is 1. The third-order valence-corrected chi connectivity index (χ3v) is 6.30. The highest BCUT2D eigenvalue weighted by Gasteiger charge is 2.32. The zero-order valence-corrected chi connectivity index (χ0v) is 15.3. The summed E-state index contributed by atoms with van der Waals surface area (Å²) in [5, 5.41) is 0. The molecule has 1 heterocycles. The molecular weight excluding hydrogens is 338 g/mol. The highest BCUT2D eigenvalue weighted by atomic mass is 32.2. The number of hydrogen-bond donors (Lipinski definition) is 0. The summed E-state index contributed by atoms with van der Waals surface area (Å²) in [5.41, 5.74) is 0.890. The van der Waals surface area contributed by atoms with E-state index in [0.29, 0.717) is 31.7 Å². The molecule has 1 aliphatic heterocycles. The summed E-state index contributed by atoms with van der Waals surface area (Å²) in [6.07, 6.45) is 1.37. The van der Waals surface area contributed by atoms with Crippen molar-refractivity contribution in [2.45, 2.75) is 30.8 Å². The average Bonchev–Trinajstić information content (AvgIpc) is 2.63. The number of nitrogens with zero attached hydrogens (tertiary/aromatic N) is 1. The molecule has 0 saturated carbocycles. The van der Waals surface area contributed by atoms with Gasteiger partial charge in [0.2, 0.25) is 10.0 Å². The molecule has 1 fully saturated rings. The molecule has 1 saturated heterocycles. The first-order valence-corrected chi connectivity index (χ1v) is 9.81. The number of rotatable bonds is 5. The normalized spacial score (nSPS) is 16.6. The number of hydrogen-bond acceptors (Lipinski definition) is 4. The molecule has 0 N–H and O–H groups in total. The lowest BCUT2D eigenvalue weighted by Crippen LogP contribution is -2.41. The Morgan fingerprint density at radius 3 is 2.36 bits per heavy atom. The van der Waals surface area contributed by atoms with Crippen LogP contribution >= 0.6 is 0 Å². The van der Waals surface area contributed by atoms with Crippen LogP contribution in [0, 0.1) is 6.92 Å². The van der Waals surface area contributed by atoms with E-state index in [4.69, 9.17) is 9.47 Å². The largest absolute Gasteiger partial charge is 0.495 e. The van der Waals surface area contributed by atoms with Gasteiger partial charge in [-0.2, -0.15) is 4.31 Å². The third kappa shape index (κ3) is 3.96. The quantitative estimate of drug-likeness (QED) is 0.820. The van der Waals surface area contributed by atoms with Crippen LogP contribution in [0.3, 0.4) is 0 Å². The standard InChI is InChI=1S/C19H23NO4S/c1-15-8-9-18(23-2)19(14-15)25(21,22)20-12-10-17(11-13-20)24-16-6-4-3-5-7-16/h3-9,14,17H,10-13H2,1-2H3. The molecule has 2 aromatic carbocycles. The number of ether oxygens (including phenoxy) is 2. The maximum Gasteiger partial charge on any atom is 0.246 e. The highest BCUT2D eigenvalue weighted by molar-refractivity contribution is 7.89. The second-order valence-corrected chi connectivity index (χ2v) is 8.10. The molecule has 0 spiro atoms. The van der Waals surface area contributed by atoms with Gasteiger partial charge in [0.25, 0.3) is 0 Å². The molecule has 25 heavy (non-hydrogen) atoms. The Morgan fingerprint density at radius 2 is 1.72 bits per heavy atom. The molecule has 0 radical (unpaired) electrons. The fourth-order valence-corrected chi connectivity index (χ4v) is 4.72. The first-order valence-electron chi connectivity index (χ1n) is 8.37. The maximum atomic E-state index is 13.0. The van der Waals surface area contributed by atoms with Gasteiger partial charge in [0, 0.05) is 13.1 Å². The predicted molar refractivity (Wildman–Crippen MR) is 96.6 cm³/mol. The molecular formula is C19H23NO4S. The summed E-state index contributed by atoms with van der Waals surface area (Å²) >= 11 is 0. The Morgan fingerprint density at radius 1 is 1.04 bits per heavy atom. The number of aryl methyl sites for hydroxylation is 1. The Balaban J connectivity index is 1.71. The number of methoxy groups -OCH3 is 1. The zero-order chi connectivity index (χ0) is 17.9. The van der Waals surface area contributed by atoms with Crippen molar-refractivity contribution < 1.29 is 17.9 Å². The van der Waals surface area contributed by atoms with Gasteiger partial charge in [0.1, 0.15) is 22.5 Å². The van der Waals surface area contributed by atoms with Gasteiger partial charge < -0.3 is 9.47 Å². The van der Waals surface area contributed by atoms with E-state index in [-0.39, 0.29) is 11.0 Å². The van der Waals surface area contributed by atoms with Crippen LogP contribution in [0.25, 0.3) is 0 Å². The Bertz CT molecular complexity index is 813. The van der Waals surface area contributed by atoms with E-state index < -0.39 is 10.0 Å². The molecule has 0 bridgehead atoms. The maximum absolute atomic E-state index is 13.0. The number of sulfonamides is 1.